The predicted molar refractivity (Wildman–Crippen MR) is 83.9 cm³/mol. The lowest BCUT2D eigenvalue weighted by molar-refractivity contribution is 1.69. The van der Waals surface area contributed by atoms with Gasteiger partial charge >= 0.3 is 0 Å². The van der Waals surface area contributed by atoms with Crippen LogP contribution >= 0.6 is 67.8 Å². The lowest BCUT2D eigenvalue weighted by atomic mass is 10.7. The Bertz CT molecular complexity index is 401. The molecule has 0 aliphatic rings. The van der Waals surface area contributed by atoms with Gasteiger partial charge in [0, 0.05) is 0 Å². The van der Waals surface area contributed by atoms with Crippen LogP contribution < -0.4 is 0 Å². The van der Waals surface area contributed by atoms with Gasteiger partial charge in [0.1, 0.15) is 0 Å². The molecule has 0 aliphatic carbocycles. The van der Waals surface area contributed by atoms with Crippen molar-refractivity contribution >= 4 is 67.8 Å². The molecule has 0 amide bonds. The van der Waals surface area contributed by atoms with Crippen LogP contribution in [0.5, 0.6) is 0 Å². The molecule has 0 radical (unpaired) electrons. The molecule has 86 valence electrons. The topological polar surface area (TPSA) is 0 Å². The van der Waals surface area contributed by atoms with E-state index < -0.39 is 0 Å². The fourth-order valence-electron chi connectivity index (χ4n) is 0.998. The Morgan fingerprint density at radius 2 is 1.06 bits per heavy atom. The number of thioether (sulfide) groups is 2. The Balaban J connectivity index is 1.91. The van der Waals surface area contributed by atoms with Gasteiger partial charge < -0.3 is 0 Å². The van der Waals surface area contributed by atoms with E-state index in [1.165, 1.54) is 16.8 Å². The van der Waals surface area contributed by atoms with E-state index in [2.05, 4.69) is 36.8 Å². The van der Waals surface area contributed by atoms with Gasteiger partial charge in [-0.3, -0.25) is 0 Å². The first-order valence-corrected chi connectivity index (χ1v) is 10.7. The van der Waals surface area contributed by atoms with Crippen LogP contribution in [0.15, 0.2) is 41.1 Å². The van der Waals surface area contributed by atoms with Crippen molar-refractivity contribution in [1.82, 2.24) is 0 Å². The summed E-state index contributed by atoms with van der Waals surface area (Å²) in [5.74, 6) is 0. The molecule has 0 bridgehead atoms. The molecule has 2 aromatic heterocycles. The summed E-state index contributed by atoms with van der Waals surface area (Å²) >= 11 is 7.37. The number of rotatable bonds is 5. The van der Waals surface area contributed by atoms with E-state index in [0.717, 1.165) is 0 Å². The standard InChI is InChI=1S/C10H10S6/c1-11-7-3-5-9(13-7)15-16-10-6-4-8(12-2)14-10/h3-6H,1-2H3. The molecule has 2 aromatic rings. The van der Waals surface area contributed by atoms with Crippen LogP contribution in [0.4, 0.5) is 0 Å². The molecule has 0 saturated heterocycles. The van der Waals surface area contributed by atoms with E-state index >= 15 is 0 Å². The molecule has 0 spiro atoms. The minimum Gasteiger partial charge on any atom is -0.122 e. The Morgan fingerprint density at radius 1 is 0.688 bits per heavy atom. The average Bonchev–Trinajstić information content (AvgIpc) is 2.95. The molecule has 2 rings (SSSR count). The SMILES string of the molecule is CSc1ccc(SSc2ccc(SC)s2)s1. The van der Waals surface area contributed by atoms with Gasteiger partial charge in [-0.15, -0.1) is 46.2 Å². The van der Waals surface area contributed by atoms with E-state index in [9.17, 15) is 0 Å². The van der Waals surface area contributed by atoms with Gasteiger partial charge in [-0.25, -0.2) is 0 Å². The first kappa shape index (κ1) is 13.2. The van der Waals surface area contributed by atoms with Gasteiger partial charge in [0.15, 0.2) is 0 Å². The molecule has 0 fully saturated rings. The van der Waals surface area contributed by atoms with Crippen LogP contribution in [-0.2, 0) is 0 Å². The molecule has 0 nitrogen and oxygen atoms in total. The summed E-state index contributed by atoms with van der Waals surface area (Å²) < 4.78 is 5.54. The number of hydrogen-bond donors (Lipinski definition) is 0. The first-order valence-electron chi connectivity index (χ1n) is 4.44. The minimum absolute atomic E-state index is 1.38. The van der Waals surface area contributed by atoms with Crippen molar-refractivity contribution in [1.29, 1.82) is 0 Å². The van der Waals surface area contributed by atoms with Crippen LogP contribution in [0, 0.1) is 0 Å². The summed E-state index contributed by atoms with van der Waals surface area (Å²) in [6.07, 6.45) is 4.24. The van der Waals surface area contributed by atoms with Gasteiger partial charge in [-0.1, -0.05) is 0 Å². The molecule has 0 saturated carbocycles. The van der Waals surface area contributed by atoms with E-state index in [-0.39, 0.29) is 0 Å². The zero-order valence-electron chi connectivity index (χ0n) is 8.76. The highest BCUT2D eigenvalue weighted by atomic mass is 33.1. The summed E-state index contributed by atoms with van der Waals surface area (Å²) in [4.78, 5) is 0. The Hall–Kier alpha value is 0.800. The maximum absolute atomic E-state index is 2.21. The Kier molecular flexibility index (Phi) is 5.51. The van der Waals surface area contributed by atoms with Crippen molar-refractivity contribution in [2.24, 2.45) is 0 Å². The molecule has 0 aromatic carbocycles. The highest BCUT2D eigenvalue weighted by molar-refractivity contribution is 8.77. The van der Waals surface area contributed by atoms with Crippen molar-refractivity contribution in [3.8, 4) is 0 Å². The van der Waals surface area contributed by atoms with Crippen LogP contribution in [0.1, 0.15) is 0 Å². The summed E-state index contributed by atoms with van der Waals surface area (Å²) in [6.45, 7) is 0. The van der Waals surface area contributed by atoms with Crippen LogP contribution in [0.2, 0.25) is 0 Å². The normalized spacial score (nSPS) is 10.9. The van der Waals surface area contributed by atoms with Crippen molar-refractivity contribution < 1.29 is 0 Å². The fraction of sp³-hybridized carbons (Fsp3) is 0.200. The maximum atomic E-state index is 2.21. The van der Waals surface area contributed by atoms with Crippen molar-refractivity contribution in [3.05, 3.63) is 24.3 Å². The van der Waals surface area contributed by atoms with Crippen LogP contribution in [0.3, 0.4) is 0 Å². The Labute approximate surface area is 120 Å². The van der Waals surface area contributed by atoms with Crippen LogP contribution in [0.25, 0.3) is 0 Å². The molecular weight excluding hydrogens is 313 g/mol. The second-order valence-electron chi connectivity index (χ2n) is 2.72. The molecule has 6 heteroatoms. The minimum atomic E-state index is 1.38. The number of hydrogen-bond acceptors (Lipinski definition) is 6. The van der Waals surface area contributed by atoms with E-state index in [1.807, 2.05) is 67.8 Å². The van der Waals surface area contributed by atoms with Crippen molar-refractivity contribution in [2.75, 3.05) is 12.5 Å². The summed E-state index contributed by atoms with van der Waals surface area (Å²) in [5, 5.41) is 0. The third-order valence-corrected chi connectivity index (χ3v) is 9.29. The van der Waals surface area contributed by atoms with Gasteiger partial charge in [0.05, 0.1) is 16.8 Å². The molecule has 2 heterocycles. The maximum Gasteiger partial charge on any atom is 0.0721 e. The van der Waals surface area contributed by atoms with Gasteiger partial charge in [-0.2, -0.15) is 0 Å². The second-order valence-corrected chi connectivity index (χ2v) is 9.83. The third-order valence-electron chi connectivity index (χ3n) is 1.72. The number of thiophene rings is 2. The zero-order valence-corrected chi connectivity index (χ0v) is 13.7. The zero-order chi connectivity index (χ0) is 11.4. The van der Waals surface area contributed by atoms with E-state index in [4.69, 9.17) is 0 Å². The van der Waals surface area contributed by atoms with Gasteiger partial charge in [0.25, 0.3) is 0 Å². The predicted octanol–water partition coefficient (Wildman–Crippen LogP) is 6.05. The first-order chi connectivity index (χ1) is 7.81. The fourth-order valence-corrected chi connectivity index (χ4v) is 7.14. The molecule has 0 unspecified atom stereocenters. The highest BCUT2D eigenvalue weighted by Crippen LogP contribution is 2.45. The van der Waals surface area contributed by atoms with Gasteiger partial charge in [-0.05, 0) is 58.4 Å². The quantitative estimate of drug-likeness (QED) is 0.485. The summed E-state index contributed by atoms with van der Waals surface area (Å²) in [6, 6.07) is 8.80. The second kappa shape index (κ2) is 6.66. The van der Waals surface area contributed by atoms with Crippen LogP contribution in [-0.4, -0.2) is 12.5 Å². The summed E-state index contributed by atoms with van der Waals surface area (Å²) in [5.41, 5.74) is 0. The van der Waals surface area contributed by atoms with E-state index in [1.54, 1.807) is 0 Å². The van der Waals surface area contributed by atoms with Crippen molar-refractivity contribution in [3.63, 3.8) is 0 Å². The monoisotopic (exact) mass is 322 g/mol. The molecule has 16 heavy (non-hydrogen) atoms. The largest absolute Gasteiger partial charge is 0.122 e. The Morgan fingerprint density at radius 3 is 1.38 bits per heavy atom. The molecule has 0 aliphatic heterocycles. The molecule has 0 N–H and O–H groups in total. The smallest absolute Gasteiger partial charge is 0.0721 e. The molecular formula is C10H10S6. The van der Waals surface area contributed by atoms with E-state index in [0.29, 0.717) is 0 Å². The van der Waals surface area contributed by atoms with Gasteiger partial charge in [0.2, 0.25) is 0 Å². The lowest BCUT2D eigenvalue weighted by Crippen LogP contribution is -1.52. The highest BCUT2D eigenvalue weighted by Gasteiger charge is 2.04. The van der Waals surface area contributed by atoms with Crippen molar-refractivity contribution in [2.45, 2.75) is 16.8 Å². The molecule has 0 atom stereocenters. The lowest BCUT2D eigenvalue weighted by Gasteiger charge is -1.93. The third kappa shape index (κ3) is 3.65. The average molecular weight is 323 g/mol. The summed E-state index contributed by atoms with van der Waals surface area (Å²) in [7, 11) is 3.71.